The van der Waals surface area contributed by atoms with E-state index in [0.717, 1.165) is 49.5 Å². The van der Waals surface area contributed by atoms with Gasteiger partial charge in [0.15, 0.2) is 0 Å². The lowest BCUT2D eigenvalue weighted by Crippen LogP contribution is -2.57. The molecule has 1 spiro atoms. The summed E-state index contributed by atoms with van der Waals surface area (Å²) in [7, 11) is 0. The third-order valence-corrected chi connectivity index (χ3v) is 11.4. The van der Waals surface area contributed by atoms with Crippen molar-refractivity contribution in [3.8, 4) is 0 Å². The monoisotopic (exact) mass is 411 g/mol. The van der Waals surface area contributed by atoms with Crippen LogP contribution in [0.3, 0.4) is 0 Å². The van der Waals surface area contributed by atoms with E-state index in [1.165, 1.54) is 44.1 Å². The summed E-state index contributed by atoms with van der Waals surface area (Å²) in [5.74, 6) is 4.92. The van der Waals surface area contributed by atoms with E-state index < -0.39 is 0 Å². The number of rotatable bonds is 0. The maximum absolute atomic E-state index is 12.1. The van der Waals surface area contributed by atoms with Gasteiger partial charge in [0.1, 0.15) is 11.5 Å². The molecular weight excluding hydrogens is 370 g/mol. The summed E-state index contributed by atoms with van der Waals surface area (Å²) < 4.78 is 6.99. The molecule has 0 aromatic rings. The fourth-order valence-corrected chi connectivity index (χ4v) is 9.67. The lowest BCUT2D eigenvalue weighted by atomic mass is 9.47. The van der Waals surface area contributed by atoms with E-state index in [1.54, 1.807) is 0 Å². The van der Waals surface area contributed by atoms with E-state index in [9.17, 15) is 4.79 Å². The zero-order chi connectivity index (χ0) is 20.9. The Morgan fingerprint density at radius 2 is 1.93 bits per heavy atom. The van der Waals surface area contributed by atoms with E-state index in [1.807, 2.05) is 0 Å². The van der Waals surface area contributed by atoms with Crippen molar-refractivity contribution in [1.29, 1.82) is 0 Å². The molecule has 3 saturated carbocycles. The van der Waals surface area contributed by atoms with Gasteiger partial charge in [-0.1, -0.05) is 39.3 Å². The third kappa shape index (κ3) is 2.48. The number of allylic oxidation sites excluding steroid dienone is 2. The highest BCUT2D eigenvalue weighted by molar-refractivity contribution is 5.82. The molecule has 0 aromatic carbocycles. The molecule has 1 N–H and O–H groups in total. The minimum absolute atomic E-state index is 0.0536. The highest BCUT2D eigenvalue weighted by Gasteiger charge is 2.68. The van der Waals surface area contributed by atoms with Gasteiger partial charge >= 0.3 is 0 Å². The Balaban J connectivity index is 1.29. The number of fused-ring (bicyclic) bond motifs is 7. The maximum Gasteiger partial charge on any atom is 0.136 e. The lowest BCUT2D eigenvalue weighted by molar-refractivity contribution is -0.124. The van der Waals surface area contributed by atoms with Crippen LogP contribution in [0.4, 0.5) is 0 Å². The van der Waals surface area contributed by atoms with E-state index in [4.69, 9.17) is 4.74 Å². The molecule has 5 fully saturated rings. The van der Waals surface area contributed by atoms with Gasteiger partial charge in [0, 0.05) is 25.3 Å². The van der Waals surface area contributed by atoms with Crippen molar-refractivity contribution < 1.29 is 9.53 Å². The molecule has 0 bridgehead atoms. The Morgan fingerprint density at radius 3 is 2.70 bits per heavy atom. The zero-order valence-electron chi connectivity index (χ0n) is 19.5. The minimum Gasteiger partial charge on any atom is -0.357 e. The first kappa shape index (κ1) is 20.0. The molecule has 3 heteroatoms. The van der Waals surface area contributed by atoms with Crippen LogP contribution >= 0.6 is 0 Å². The summed E-state index contributed by atoms with van der Waals surface area (Å²) >= 11 is 0. The molecule has 0 amide bonds. The number of carbonyl (C=O) groups is 1. The Kier molecular flexibility index (Phi) is 4.29. The lowest BCUT2D eigenvalue weighted by Gasteiger charge is -2.58. The SMILES string of the molecule is C[C@H]1CC[C@]2(NC1)O[C@H]1C[C@H]3[C@@H]4CC=C5CC(=O)CC[C@]5(C)[C@H]4CC[C@]3(C)[C@H]1[C@@H]2C. The highest BCUT2D eigenvalue weighted by atomic mass is 16.5. The number of hydrogen-bond acceptors (Lipinski definition) is 3. The topological polar surface area (TPSA) is 38.3 Å². The average Bonchev–Trinajstić information content (AvgIpc) is 3.16. The second-order valence-electron chi connectivity index (χ2n) is 12.6. The second kappa shape index (κ2) is 6.44. The number of piperidine rings is 1. The molecule has 0 aromatic heterocycles. The molecule has 2 aliphatic heterocycles. The number of Topliss-reactive ketones (excluding diaryl/α,β-unsaturated/α-hetero) is 1. The number of carbonyl (C=O) groups excluding carboxylic acids is 1. The first-order valence-corrected chi connectivity index (χ1v) is 12.9. The summed E-state index contributed by atoms with van der Waals surface area (Å²) in [5.41, 5.74) is 2.14. The van der Waals surface area contributed by atoms with Gasteiger partial charge in [0.25, 0.3) is 0 Å². The maximum atomic E-state index is 12.1. The van der Waals surface area contributed by atoms with Crippen molar-refractivity contribution >= 4 is 5.78 Å². The van der Waals surface area contributed by atoms with E-state index in [-0.39, 0.29) is 11.1 Å². The van der Waals surface area contributed by atoms with Crippen molar-refractivity contribution in [3.63, 3.8) is 0 Å². The summed E-state index contributed by atoms with van der Waals surface area (Å²) in [6, 6.07) is 0. The average molecular weight is 412 g/mol. The third-order valence-electron chi connectivity index (χ3n) is 11.4. The smallest absolute Gasteiger partial charge is 0.136 e. The molecule has 10 atom stereocenters. The van der Waals surface area contributed by atoms with Gasteiger partial charge < -0.3 is 4.74 Å². The van der Waals surface area contributed by atoms with Crippen LogP contribution in [0.2, 0.25) is 0 Å². The fourth-order valence-electron chi connectivity index (χ4n) is 9.67. The molecule has 0 radical (unpaired) electrons. The first-order chi connectivity index (χ1) is 14.3. The second-order valence-corrected chi connectivity index (χ2v) is 12.6. The molecular formula is C27H41NO2. The normalized spacial score (nSPS) is 57.4. The largest absolute Gasteiger partial charge is 0.357 e. The van der Waals surface area contributed by atoms with Crippen molar-refractivity contribution in [1.82, 2.24) is 5.32 Å². The van der Waals surface area contributed by atoms with Crippen LogP contribution in [-0.4, -0.2) is 24.2 Å². The molecule has 2 heterocycles. The Morgan fingerprint density at radius 1 is 1.10 bits per heavy atom. The Hall–Kier alpha value is -0.670. The Labute approximate surface area is 182 Å². The molecule has 30 heavy (non-hydrogen) atoms. The van der Waals surface area contributed by atoms with Crippen molar-refractivity contribution in [2.24, 2.45) is 46.3 Å². The van der Waals surface area contributed by atoms with Crippen molar-refractivity contribution in [2.75, 3.05) is 6.54 Å². The van der Waals surface area contributed by atoms with Crippen LogP contribution in [0, 0.1) is 46.3 Å². The molecule has 6 rings (SSSR count). The predicted molar refractivity (Wildman–Crippen MR) is 119 cm³/mol. The first-order valence-electron chi connectivity index (χ1n) is 12.9. The molecule has 166 valence electrons. The van der Waals surface area contributed by atoms with Crippen LogP contribution in [0.25, 0.3) is 0 Å². The van der Waals surface area contributed by atoms with Gasteiger partial charge in [-0.05, 0) is 85.4 Å². The standard InChI is InChI=1S/C27H41NO2/c1-16-7-12-27(28-15-16)17(2)24-23(30-27)14-22-20-6-5-18-13-19(29)8-10-25(18,3)21(20)9-11-26(22,24)4/h5,16-17,20-24,28H,6-15H2,1-4H3/t16-,17-,20+,21-,22-,23-,24-,25-,26-,27-/m0/s1. The highest BCUT2D eigenvalue weighted by Crippen LogP contribution is 2.70. The van der Waals surface area contributed by atoms with Gasteiger partial charge in [0.2, 0.25) is 0 Å². The van der Waals surface area contributed by atoms with Gasteiger partial charge in [-0.15, -0.1) is 0 Å². The van der Waals surface area contributed by atoms with Gasteiger partial charge in [-0.2, -0.15) is 0 Å². The summed E-state index contributed by atoms with van der Waals surface area (Å²) in [6.45, 7) is 11.1. The number of nitrogens with one attached hydrogen (secondary N) is 1. The molecule has 3 nitrogen and oxygen atoms in total. The fraction of sp³-hybridized carbons (Fsp3) is 0.889. The quantitative estimate of drug-likeness (QED) is 0.535. The van der Waals surface area contributed by atoms with E-state index in [0.29, 0.717) is 29.1 Å². The number of hydrogen-bond donors (Lipinski definition) is 1. The number of ketones is 1. The molecule has 0 unspecified atom stereocenters. The van der Waals surface area contributed by atoms with Crippen LogP contribution in [0.1, 0.15) is 85.5 Å². The summed E-state index contributed by atoms with van der Waals surface area (Å²) in [6.07, 6.45) is 13.3. The van der Waals surface area contributed by atoms with Crippen LogP contribution < -0.4 is 5.32 Å². The van der Waals surface area contributed by atoms with Crippen LogP contribution in [-0.2, 0) is 9.53 Å². The van der Waals surface area contributed by atoms with Gasteiger partial charge in [-0.3, -0.25) is 10.1 Å². The van der Waals surface area contributed by atoms with Crippen LogP contribution in [0.15, 0.2) is 11.6 Å². The molecule has 6 aliphatic rings. The summed E-state index contributed by atoms with van der Waals surface area (Å²) in [4.78, 5) is 12.1. The van der Waals surface area contributed by atoms with E-state index in [2.05, 4.69) is 39.1 Å². The van der Waals surface area contributed by atoms with Gasteiger partial charge in [-0.25, -0.2) is 0 Å². The van der Waals surface area contributed by atoms with Crippen molar-refractivity contribution in [3.05, 3.63) is 11.6 Å². The van der Waals surface area contributed by atoms with Crippen molar-refractivity contribution in [2.45, 2.75) is 97.3 Å². The molecule has 4 aliphatic carbocycles. The van der Waals surface area contributed by atoms with Crippen LogP contribution in [0.5, 0.6) is 0 Å². The predicted octanol–water partition coefficient (Wildman–Crippen LogP) is 5.50. The minimum atomic E-state index is -0.0536. The molecule has 2 saturated heterocycles. The number of ether oxygens (including phenoxy) is 1. The van der Waals surface area contributed by atoms with E-state index >= 15 is 0 Å². The van der Waals surface area contributed by atoms with Gasteiger partial charge in [0.05, 0.1) is 6.10 Å². The Bertz CT molecular complexity index is 780. The zero-order valence-corrected chi connectivity index (χ0v) is 19.5. The summed E-state index contributed by atoms with van der Waals surface area (Å²) in [5, 5.41) is 3.88.